The zero-order chi connectivity index (χ0) is 14.5. The first kappa shape index (κ1) is 15.9. The van der Waals surface area contributed by atoms with E-state index in [2.05, 4.69) is 4.98 Å². The second kappa shape index (κ2) is 6.85. The molecule has 1 aromatic heterocycles. The van der Waals surface area contributed by atoms with E-state index < -0.39 is 10.0 Å². The topological polar surface area (TPSA) is 74.1 Å². The van der Waals surface area contributed by atoms with Gasteiger partial charge in [-0.25, -0.2) is 8.42 Å². The van der Waals surface area contributed by atoms with Gasteiger partial charge >= 0.3 is 0 Å². The van der Waals surface area contributed by atoms with Crippen LogP contribution in [0.3, 0.4) is 0 Å². The van der Waals surface area contributed by atoms with Gasteiger partial charge in [0.15, 0.2) is 0 Å². The smallest absolute Gasteiger partial charge is 0.246 e. The second-order valence-corrected chi connectivity index (χ2v) is 6.78. The van der Waals surface area contributed by atoms with Gasteiger partial charge in [-0.3, -0.25) is 4.98 Å². The van der Waals surface area contributed by atoms with Crippen molar-refractivity contribution in [1.82, 2.24) is 9.29 Å². The minimum atomic E-state index is -3.71. The highest BCUT2D eigenvalue weighted by Crippen LogP contribution is 2.24. The molecule has 0 aromatic carbocycles. The molecule has 0 fully saturated rings. The lowest BCUT2D eigenvalue weighted by molar-refractivity contribution is 0.373. The van der Waals surface area contributed by atoms with Crippen molar-refractivity contribution < 1.29 is 8.42 Å². The predicted octanol–water partition coefficient (Wildman–Crippen LogP) is 2.30. The van der Waals surface area contributed by atoms with E-state index in [0.717, 1.165) is 0 Å². The van der Waals surface area contributed by atoms with Crippen molar-refractivity contribution in [2.75, 3.05) is 13.1 Å². The third kappa shape index (κ3) is 4.16. The summed E-state index contributed by atoms with van der Waals surface area (Å²) in [6.07, 6.45) is 2.81. The number of pyridine rings is 1. The predicted molar refractivity (Wildman–Crippen MR) is 73.1 cm³/mol. The minimum absolute atomic E-state index is 0.0183. The van der Waals surface area contributed by atoms with E-state index in [0.29, 0.717) is 6.54 Å². The van der Waals surface area contributed by atoms with E-state index in [1.54, 1.807) is 0 Å². The van der Waals surface area contributed by atoms with Crippen molar-refractivity contribution in [3.8, 4) is 6.07 Å². The quantitative estimate of drug-likeness (QED) is 0.808. The van der Waals surface area contributed by atoms with Crippen LogP contribution in [0.1, 0.15) is 20.3 Å². The van der Waals surface area contributed by atoms with Crippen LogP contribution in [0.5, 0.6) is 0 Å². The van der Waals surface area contributed by atoms with Gasteiger partial charge in [-0.15, -0.1) is 0 Å². The minimum Gasteiger partial charge on any atom is -0.263 e. The summed E-state index contributed by atoms with van der Waals surface area (Å²) < 4.78 is 26.3. The molecule has 0 amide bonds. The zero-order valence-corrected chi connectivity index (χ0v) is 12.4. The van der Waals surface area contributed by atoms with Gasteiger partial charge in [-0.05, 0) is 12.0 Å². The Morgan fingerprint density at radius 3 is 2.74 bits per heavy atom. The molecule has 0 radical (unpaired) electrons. The summed E-state index contributed by atoms with van der Waals surface area (Å²) in [6, 6.07) is 3.39. The molecular formula is C12H16ClN3O2S. The molecule has 0 aliphatic heterocycles. The second-order valence-electron chi connectivity index (χ2n) is 4.47. The summed E-state index contributed by atoms with van der Waals surface area (Å²) in [5.74, 6) is 0.156. The number of rotatable bonds is 6. The molecule has 19 heavy (non-hydrogen) atoms. The van der Waals surface area contributed by atoms with Gasteiger partial charge in [0, 0.05) is 31.9 Å². The summed E-state index contributed by atoms with van der Waals surface area (Å²) in [4.78, 5) is 3.78. The van der Waals surface area contributed by atoms with Crippen LogP contribution in [0.25, 0.3) is 0 Å². The van der Waals surface area contributed by atoms with E-state index in [9.17, 15) is 8.42 Å². The van der Waals surface area contributed by atoms with Crippen LogP contribution in [-0.2, 0) is 10.0 Å². The van der Waals surface area contributed by atoms with Gasteiger partial charge in [0.2, 0.25) is 10.0 Å². The van der Waals surface area contributed by atoms with E-state index in [4.69, 9.17) is 16.9 Å². The molecule has 1 aromatic rings. The molecule has 0 saturated carbocycles. The van der Waals surface area contributed by atoms with Crippen molar-refractivity contribution >= 4 is 21.6 Å². The van der Waals surface area contributed by atoms with Gasteiger partial charge in [0.25, 0.3) is 0 Å². The molecule has 5 nitrogen and oxygen atoms in total. The van der Waals surface area contributed by atoms with Crippen molar-refractivity contribution in [3.63, 3.8) is 0 Å². The van der Waals surface area contributed by atoms with Gasteiger partial charge in [-0.1, -0.05) is 25.4 Å². The number of halogens is 1. The maximum Gasteiger partial charge on any atom is 0.246 e. The van der Waals surface area contributed by atoms with Gasteiger partial charge in [-0.2, -0.15) is 9.57 Å². The molecule has 0 aliphatic carbocycles. The average Bonchev–Trinajstić information content (AvgIpc) is 2.34. The molecule has 1 heterocycles. The fourth-order valence-corrected chi connectivity index (χ4v) is 3.59. The number of nitrogens with zero attached hydrogens (tertiary/aromatic N) is 3. The molecule has 104 valence electrons. The first-order valence-corrected chi connectivity index (χ1v) is 7.68. The highest BCUT2D eigenvalue weighted by atomic mass is 35.5. The molecular weight excluding hydrogens is 286 g/mol. The maximum absolute atomic E-state index is 12.5. The van der Waals surface area contributed by atoms with Crippen molar-refractivity contribution in [2.24, 2.45) is 5.92 Å². The normalized spacial score (nSPS) is 11.8. The first-order valence-electron chi connectivity index (χ1n) is 5.86. The lowest BCUT2D eigenvalue weighted by Gasteiger charge is -2.23. The summed E-state index contributed by atoms with van der Waals surface area (Å²) in [5.41, 5.74) is 0. The van der Waals surface area contributed by atoms with Crippen molar-refractivity contribution in [3.05, 3.63) is 23.5 Å². The highest BCUT2D eigenvalue weighted by molar-refractivity contribution is 7.89. The van der Waals surface area contributed by atoms with Gasteiger partial charge in [0.05, 0.1) is 11.1 Å². The molecule has 0 aliphatic rings. The Balaban J connectivity index is 3.12. The Hall–Kier alpha value is -1.16. The summed E-state index contributed by atoms with van der Waals surface area (Å²) in [6.45, 7) is 4.33. The Morgan fingerprint density at radius 1 is 1.53 bits per heavy atom. The van der Waals surface area contributed by atoms with E-state index in [1.807, 2.05) is 19.9 Å². The van der Waals surface area contributed by atoms with E-state index in [1.165, 1.54) is 22.8 Å². The highest BCUT2D eigenvalue weighted by Gasteiger charge is 2.27. The third-order valence-electron chi connectivity index (χ3n) is 2.39. The van der Waals surface area contributed by atoms with Crippen LogP contribution in [0, 0.1) is 17.2 Å². The molecule has 0 bridgehead atoms. The standard InChI is InChI=1S/C12H16ClN3O2S/c1-10(2)9-16(7-3-5-14)19(17,18)12-8-15-6-4-11(12)13/h4,6,8,10H,3,7,9H2,1-2H3. The van der Waals surface area contributed by atoms with Crippen LogP contribution >= 0.6 is 11.6 Å². The lowest BCUT2D eigenvalue weighted by atomic mass is 10.2. The van der Waals surface area contributed by atoms with Gasteiger partial charge < -0.3 is 0 Å². The van der Waals surface area contributed by atoms with Crippen LogP contribution in [0.2, 0.25) is 5.02 Å². The largest absolute Gasteiger partial charge is 0.263 e. The first-order chi connectivity index (χ1) is 8.89. The van der Waals surface area contributed by atoms with Crippen LogP contribution in [0.15, 0.2) is 23.4 Å². The number of nitriles is 1. The zero-order valence-electron chi connectivity index (χ0n) is 10.9. The molecule has 0 N–H and O–H groups in total. The molecule has 0 spiro atoms. The molecule has 0 atom stereocenters. The maximum atomic E-state index is 12.5. The Kier molecular flexibility index (Phi) is 5.73. The number of hydrogen-bond donors (Lipinski definition) is 0. The number of aromatic nitrogens is 1. The van der Waals surface area contributed by atoms with Crippen LogP contribution in [-0.4, -0.2) is 30.8 Å². The monoisotopic (exact) mass is 301 g/mol. The number of hydrogen-bond acceptors (Lipinski definition) is 4. The third-order valence-corrected chi connectivity index (χ3v) is 4.73. The molecule has 0 saturated heterocycles. The SMILES string of the molecule is CC(C)CN(CCC#N)S(=O)(=O)c1cnccc1Cl. The Bertz CT molecular complexity index is 567. The molecule has 1 rings (SSSR count). The summed E-state index contributed by atoms with van der Waals surface area (Å²) in [5, 5.41) is 8.77. The van der Waals surface area contributed by atoms with Crippen molar-refractivity contribution in [1.29, 1.82) is 5.26 Å². The summed E-state index contributed by atoms with van der Waals surface area (Å²) in [7, 11) is -3.71. The number of sulfonamides is 1. The lowest BCUT2D eigenvalue weighted by Crippen LogP contribution is -2.35. The fourth-order valence-electron chi connectivity index (χ4n) is 1.58. The Morgan fingerprint density at radius 2 is 2.21 bits per heavy atom. The molecule has 7 heteroatoms. The van der Waals surface area contributed by atoms with Crippen LogP contribution < -0.4 is 0 Å². The van der Waals surface area contributed by atoms with E-state index in [-0.39, 0.29) is 28.8 Å². The van der Waals surface area contributed by atoms with Gasteiger partial charge in [0.1, 0.15) is 4.90 Å². The average molecular weight is 302 g/mol. The summed E-state index contributed by atoms with van der Waals surface area (Å²) >= 11 is 5.91. The fraction of sp³-hybridized carbons (Fsp3) is 0.500. The molecule has 0 unspecified atom stereocenters. The van der Waals surface area contributed by atoms with E-state index >= 15 is 0 Å². The van der Waals surface area contributed by atoms with Crippen molar-refractivity contribution in [2.45, 2.75) is 25.2 Å². The van der Waals surface area contributed by atoms with Crippen LogP contribution in [0.4, 0.5) is 0 Å². The Labute approximate surface area is 118 Å².